The van der Waals surface area contributed by atoms with Crippen LogP contribution in [0.2, 0.25) is 0 Å². The molecule has 0 aliphatic heterocycles. The SMILES string of the molecule is Br.Cl.[SnH2].[SnH2]. The van der Waals surface area contributed by atoms with E-state index in [9.17, 15) is 0 Å². The number of rotatable bonds is 0. The Morgan fingerprint density at radius 2 is 0.750 bits per heavy atom. The van der Waals surface area contributed by atoms with Crippen molar-refractivity contribution in [2.24, 2.45) is 0 Å². The van der Waals surface area contributed by atoms with E-state index in [4.69, 9.17) is 0 Å². The Morgan fingerprint density at radius 3 is 0.750 bits per heavy atom. The van der Waals surface area contributed by atoms with Gasteiger partial charge in [-0.3, -0.25) is 0 Å². The van der Waals surface area contributed by atoms with E-state index in [0.29, 0.717) is 0 Å². The molecule has 4 heavy (non-hydrogen) atoms. The Morgan fingerprint density at radius 1 is 0.750 bits per heavy atom. The first-order chi connectivity index (χ1) is 0. The molecule has 0 spiro atoms. The van der Waals surface area contributed by atoms with E-state index in [1.165, 1.54) is 0 Å². The topological polar surface area (TPSA) is 0 Å². The average Bonchev–Trinajstić information content (AvgIpc) is 0. The van der Waals surface area contributed by atoms with Gasteiger partial charge < -0.3 is 0 Å². The Balaban J connectivity index is 0. The van der Waals surface area contributed by atoms with E-state index in [2.05, 4.69) is 0 Å². The number of hydrogen-bond donors (Lipinski definition) is 0. The number of halogens is 2. The van der Waals surface area contributed by atoms with Gasteiger partial charge in [-0.05, 0) is 0 Å². The van der Waals surface area contributed by atoms with Crippen molar-refractivity contribution < 1.29 is 0 Å². The Hall–Kier alpha value is 2.37. The van der Waals surface area contributed by atoms with Crippen molar-refractivity contribution in [3.8, 4) is 0 Å². The summed E-state index contributed by atoms with van der Waals surface area (Å²) in [4.78, 5) is 0. The quantitative estimate of drug-likeness (QED) is 0.496. The standard InChI is InChI=1S/BrH.ClH.2Sn.4H/h2*1H;;;;;;. The molecule has 0 aromatic heterocycles. The molecule has 0 N–H and O–H groups in total. The molecule has 0 bridgehead atoms. The molecule has 0 aliphatic rings. The fraction of sp³-hybridized carbons (Fsp3) is 0. The van der Waals surface area contributed by atoms with E-state index in [0.717, 1.165) is 0 Å². The molecular formula is H6BrClSn2. The van der Waals surface area contributed by atoms with E-state index in [1.807, 2.05) is 0 Å². The summed E-state index contributed by atoms with van der Waals surface area (Å²) in [5, 5.41) is 0. The van der Waals surface area contributed by atoms with Gasteiger partial charge in [-0.25, -0.2) is 0 Å². The summed E-state index contributed by atoms with van der Waals surface area (Å²) >= 11 is 0. The van der Waals surface area contributed by atoms with Crippen LogP contribution in [0.25, 0.3) is 0 Å². The van der Waals surface area contributed by atoms with Gasteiger partial charge in [-0.15, -0.1) is 29.4 Å². The van der Waals surface area contributed by atoms with Crippen molar-refractivity contribution >= 4 is 77.2 Å². The zero-order valence-corrected chi connectivity index (χ0v) is 12.8. The van der Waals surface area contributed by atoms with Gasteiger partial charge in [0.2, 0.25) is 0 Å². The van der Waals surface area contributed by atoms with Crippen molar-refractivity contribution in [2.75, 3.05) is 0 Å². The predicted molar refractivity (Wildman–Crippen MR) is 34.7 cm³/mol. The molecule has 4 radical (unpaired) electrons. The maximum absolute atomic E-state index is 0. The molecule has 0 aliphatic carbocycles. The van der Waals surface area contributed by atoms with Crippen LogP contribution >= 0.6 is 29.4 Å². The van der Waals surface area contributed by atoms with E-state index in [-0.39, 0.29) is 77.2 Å². The summed E-state index contributed by atoms with van der Waals surface area (Å²) in [7, 11) is 0. The number of hydrogen-bond acceptors (Lipinski definition) is 0. The third-order valence-corrected chi connectivity index (χ3v) is 0. The first-order valence-electron chi connectivity index (χ1n) is 0. The normalized spacial score (nSPS) is 0. The molecule has 0 aromatic carbocycles. The summed E-state index contributed by atoms with van der Waals surface area (Å²) in [6.07, 6.45) is 0. The van der Waals surface area contributed by atoms with Gasteiger partial charge >= 0.3 is 47.8 Å². The second-order valence-electron chi connectivity index (χ2n) is 0. The molecule has 0 fully saturated rings. The van der Waals surface area contributed by atoms with Gasteiger partial charge in [0, 0.05) is 0 Å². The molecule has 0 atom stereocenters. The minimum absolute atomic E-state index is 0. The third-order valence-electron chi connectivity index (χ3n) is 0. The van der Waals surface area contributed by atoms with E-state index >= 15 is 0 Å². The van der Waals surface area contributed by atoms with Gasteiger partial charge in [-0.2, -0.15) is 0 Å². The summed E-state index contributed by atoms with van der Waals surface area (Å²) in [6, 6.07) is 0. The maximum atomic E-state index is 0. The van der Waals surface area contributed by atoms with Crippen LogP contribution in [0, 0.1) is 0 Å². The second kappa shape index (κ2) is 18.3. The summed E-state index contributed by atoms with van der Waals surface area (Å²) in [5.74, 6) is 0. The van der Waals surface area contributed by atoms with Crippen molar-refractivity contribution in [2.45, 2.75) is 0 Å². The molecule has 0 nitrogen and oxygen atoms in total. The zero-order chi connectivity index (χ0) is 0. The van der Waals surface area contributed by atoms with Gasteiger partial charge in [0.05, 0.1) is 0 Å². The third kappa shape index (κ3) is 8.84. The van der Waals surface area contributed by atoms with Crippen molar-refractivity contribution in [3.05, 3.63) is 0 Å². The van der Waals surface area contributed by atoms with Crippen molar-refractivity contribution in [3.63, 3.8) is 0 Å². The van der Waals surface area contributed by atoms with Crippen molar-refractivity contribution in [1.29, 1.82) is 0 Å². The van der Waals surface area contributed by atoms with E-state index in [1.54, 1.807) is 0 Å². The second-order valence-corrected chi connectivity index (χ2v) is 0. The Bertz CT molecular complexity index is 6.00. The van der Waals surface area contributed by atoms with Crippen molar-refractivity contribution in [1.82, 2.24) is 0 Å². The summed E-state index contributed by atoms with van der Waals surface area (Å²) < 4.78 is 0. The Kier molecular flexibility index (Phi) is 149. The molecule has 0 saturated carbocycles. The Labute approximate surface area is 76.2 Å². The monoisotopic (exact) mass is 360 g/mol. The van der Waals surface area contributed by atoms with Gasteiger partial charge in [0.1, 0.15) is 0 Å². The fourth-order valence-electron chi connectivity index (χ4n) is 0. The van der Waals surface area contributed by atoms with Crippen LogP contribution in [-0.4, -0.2) is 47.8 Å². The van der Waals surface area contributed by atoms with Crippen LogP contribution in [0.3, 0.4) is 0 Å². The van der Waals surface area contributed by atoms with Crippen LogP contribution in [0.1, 0.15) is 0 Å². The first kappa shape index (κ1) is 32.7. The predicted octanol–water partition coefficient (Wildman–Crippen LogP) is -0.833. The zero-order valence-electron chi connectivity index (χ0n) is 2.23. The summed E-state index contributed by atoms with van der Waals surface area (Å²) in [6.45, 7) is 0. The molecule has 0 amide bonds. The van der Waals surface area contributed by atoms with Crippen LogP contribution in [0.15, 0.2) is 0 Å². The molecule has 0 saturated heterocycles. The van der Waals surface area contributed by atoms with E-state index < -0.39 is 0 Å². The molecule has 0 aromatic rings. The average molecular weight is 359 g/mol. The molecule has 28 valence electrons. The molecule has 4 heteroatoms. The molecule has 0 rings (SSSR count). The van der Waals surface area contributed by atoms with Gasteiger partial charge in [0.25, 0.3) is 0 Å². The van der Waals surface area contributed by atoms with Crippen LogP contribution in [0.4, 0.5) is 0 Å². The molecule has 0 heterocycles. The van der Waals surface area contributed by atoms with Crippen LogP contribution < -0.4 is 0 Å². The fourth-order valence-corrected chi connectivity index (χ4v) is 0. The molecule has 0 unspecified atom stereocenters. The van der Waals surface area contributed by atoms with Gasteiger partial charge in [0.15, 0.2) is 0 Å². The summed E-state index contributed by atoms with van der Waals surface area (Å²) in [5.41, 5.74) is 0. The van der Waals surface area contributed by atoms with Gasteiger partial charge in [-0.1, -0.05) is 0 Å². The van der Waals surface area contributed by atoms with Crippen LogP contribution in [0.5, 0.6) is 0 Å². The van der Waals surface area contributed by atoms with Crippen LogP contribution in [-0.2, 0) is 0 Å². The minimum atomic E-state index is 0. The molecular weight excluding hydrogens is 353 g/mol. The first-order valence-corrected chi connectivity index (χ1v) is 0.